The normalized spacial score (nSPS) is 11.5. The maximum absolute atomic E-state index is 7.03. The Morgan fingerprint density at radius 2 is 1.00 bits per heavy atom. The Hall–Kier alpha value is -6.91. The van der Waals surface area contributed by atoms with Gasteiger partial charge in [-0.25, -0.2) is 4.98 Å². The van der Waals surface area contributed by atoms with Gasteiger partial charge in [0.05, 0.1) is 5.69 Å². The fraction of sp³-hybridized carbons (Fsp3) is 0. The van der Waals surface area contributed by atoms with Gasteiger partial charge in [-0.05, 0) is 76.2 Å². The van der Waals surface area contributed by atoms with Gasteiger partial charge in [-0.3, -0.25) is 0 Å². The van der Waals surface area contributed by atoms with Gasteiger partial charge >= 0.3 is 0 Å². The summed E-state index contributed by atoms with van der Waals surface area (Å²) in [6.07, 6.45) is 0. The molecule has 10 aromatic rings. The second-order valence-corrected chi connectivity index (χ2v) is 12.8. The van der Waals surface area contributed by atoms with Gasteiger partial charge in [0.1, 0.15) is 11.1 Å². The molecule has 8 aromatic carbocycles. The summed E-state index contributed by atoms with van der Waals surface area (Å²) in [4.78, 5) is 7.21. The molecule has 0 bridgehead atoms. The summed E-state index contributed by atoms with van der Waals surface area (Å²) in [5, 5.41) is 4.08. The smallest absolute Gasteiger partial charge is 0.228 e. The van der Waals surface area contributed by atoms with Crippen molar-refractivity contribution in [3.8, 4) is 33.7 Å². The number of nitrogens with zero attached hydrogens (tertiary/aromatic N) is 2. The van der Waals surface area contributed by atoms with E-state index in [1.807, 2.05) is 36.4 Å². The standard InChI is InChI=1S/C47H30N2O2/c1-3-12-31(13-4-1)33-22-26-36(27-23-33)49(37-28-24-34(25-29-37)32-14-5-2-6-15-32)42-20-11-18-39-44-40(47-48-41-19-9-10-21-43(41)50-47)30-35-16-7-8-17-38(35)46(44)51-45(39)42/h1-30H. The lowest BCUT2D eigenvalue weighted by Crippen LogP contribution is -2.10. The molecule has 10 rings (SSSR count). The van der Waals surface area contributed by atoms with Crippen LogP contribution in [0.3, 0.4) is 0 Å². The van der Waals surface area contributed by atoms with E-state index >= 15 is 0 Å². The van der Waals surface area contributed by atoms with E-state index in [0.717, 1.165) is 77.6 Å². The van der Waals surface area contributed by atoms with Gasteiger partial charge in [-0.1, -0.05) is 133 Å². The molecule has 4 nitrogen and oxygen atoms in total. The topological polar surface area (TPSA) is 42.4 Å². The molecule has 51 heavy (non-hydrogen) atoms. The third kappa shape index (κ3) is 4.96. The van der Waals surface area contributed by atoms with Crippen LogP contribution in [0.1, 0.15) is 0 Å². The molecule has 0 saturated carbocycles. The zero-order chi connectivity index (χ0) is 33.7. The van der Waals surface area contributed by atoms with Crippen LogP contribution in [0, 0.1) is 0 Å². The Kier molecular flexibility index (Phi) is 6.78. The summed E-state index contributed by atoms with van der Waals surface area (Å²) in [5.74, 6) is 0.574. The molecule has 240 valence electrons. The lowest BCUT2D eigenvalue weighted by atomic mass is 9.99. The number of hydrogen-bond donors (Lipinski definition) is 0. The summed E-state index contributed by atoms with van der Waals surface area (Å²) in [6, 6.07) is 63.3. The van der Waals surface area contributed by atoms with Crippen molar-refractivity contribution in [3.63, 3.8) is 0 Å². The lowest BCUT2D eigenvalue weighted by Gasteiger charge is -2.26. The Bertz CT molecular complexity index is 2720. The minimum Gasteiger partial charge on any atom is -0.453 e. The van der Waals surface area contributed by atoms with E-state index in [1.165, 1.54) is 11.1 Å². The molecule has 0 radical (unpaired) electrons. The van der Waals surface area contributed by atoms with Crippen molar-refractivity contribution in [2.75, 3.05) is 4.90 Å². The highest BCUT2D eigenvalue weighted by atomic mass is 16.3. The number of fused-ring (bicyclic) bond motifs is 6. The van der Waals surface area contributed by atoms with Crippen LogP contribution >= 0.6 is 0 Å². The van der Waals surface area contributed by atoms with Gasteiger partial charge in [-0.2, -0.15) is 0 Å². The van der Waals surface area contributed by atoms with Gasteiger partial charge in [0.2, 0.25) is 5.89 Å². The van der Waals surface area contributed by atoms with Crippen LogP contribution in [0.5, 0.6) is 0 Å². The lowest BCUT2D eigenvalue weighted by molar-refractivity contribution is 0.620. The van der Waals surface area contributed by atoms with Crippen molar-refractivity contribution in [3.05, 3.63) is 182 Å². The monoisotopic (exact) mass is 654 g/mol. The Morgan fingerprint density at radius 1 is 0.431 bits per heavy atom. The van der Waals surface area contributed by atoms with Crippen molar-refractivity contribution in [1.82, 2.24) is 4.98 Å². The van der Waals surface area contributed by atoms with E-state index < -0.39 is 0 Å². The number of rotatable bonds is 6. The number of aromatic nitrogens is 1. The van der Waals surface area contributed by atoms with Crippen molar-refractivity contribution < 1.29 is 8.83 Å². The molecule has 0 aliphatic rings. The summed E-state index contributed by atoms with van der Waals surface area (Å²) in [6.45, 7) is 0. The molecule has 0 N–H and O–H groups in total. The van der Waals surface area contributed by atoms with E-state index in [9.17, 15) is 0 Å². The first-order chi connectivity index (χ1) is 25.3. The van der Waals surface area contributed by atoms with E-state index in [0.29, 0.717) is 5.89 Å². The average molecular weight is 655 g/mol. The Balaban J connectivity index is 1.21. The first-order valence-corrected chi connectivity index (χ1v) is 17.1. The van der Waals surface area contributed by atoms with Gasteiger partial charge in [0, 0.05) is 33.1 Å². The van der Waals surface area contributed by atoms with E-state index in [1.54, 1.807) is 0 Å². The Morgan fingerprint density at radius 3 is 1.67 bits per heavy atom. The molecule has 2 aromatic heterocycles. The fourth-order valence-electron chi connectivity index (χ4n) is 7.25. The number of benzene rings is 8. The van der Waals surface area contributed by atoms with Gasteiger partial charge in [0.25, 0.3) is 0 Å². The number of oxazole rings is 1. The minimum absolute atomic E-state index is 0.574. The van der Waals surface area contributed by atoms with Gasteiger partial charge < -0.3 is 13.7 Å². The van der Waals surface area contributed by atoms with E-state index in [4.69, 9.17) is 13.8 Å². The largest absolute Gasteiger partial charge is 0.453 e. The molecule has 0 unspecified atom stereocenters. The van der Waals surface area contributed by atoms with E-state index in [-0.39, 0.29) is 0 Å². The van der Waals surface area contributed by atoms with Crippen LogP contribution in [-0.2, 0) is 0 Å². The summed E-state index contributed by atoms with van der Waals surface area (Å²) < 4.78 is 13.4. The highest BCUT2D eigenvalue weighted by Crippen LogP contribution is 2.47. The molecule has 0 spiro atoms. The molecule has 0 amide bonds. The highest BCUT2D eigenvalue weighted by Gasteiger charge is 2.24. The third-order valence-corrected chi connectivity index (χ3v) is 9.70. The molecule has 0 saturated heterocycles. The molecule has 0 aliphatic heterocycles. The summed E-state index contributed by atoms with van der Waals surface area (Å²) in [5.41, 5.74) is 11.8. The van der Waals surface area contributed by atoms with Crippen LogP contribution < -0.4 is 4.90 Å². The molecular weight excluding hydrogens is 625 g/mol. The second-order valence-electron chi connectivity index (χ2n) is 12.8. The van der Waals surface area contributed by atoms with Crippen LogP contribution in [0.4, 0.5) is 17.1 Å². The molecular formula is C47H30N2O2. The molecule has 0 atom stereocenters. The maximum Gasteiger partial charge on any atom is 0.228 e. The maximum atomic E-state index is 7.03. The van der Waals surface area contributed by atoms with Gasteiger partial charge in [0.15, 0.2) is 11.2 Å². The summed E-state index contributed by atoms with van der Waals surface area (Å²) >= 11 is 0. The first kappa shape index (κ1) is 29.0. The van der Waals surface area contributed by atoms with Gasteiger partial charge in [-0.15, -0.1) is 0 Å². The van der Waals surface area contributed by atoms with Crippen molar-refractivity contribution in [1.29, 1.82) is 0 Å². The Labute approximate surface area is 294 Å². The zero-order valence-corrected chi connectivity index (χ0v) is 27.5. The molecule has 0 fully saturated rings. The molecule has 2 heterocycles. The van der Waals surface area contributed by atoms with Crippen LogP contribution in [0.15, 0.2) is 191 Å². The quantitative estimate of drug-likeness (QED) is 0.179. The SMILES string of the molecule is c1ccc(-c2ccc(N(c3ccc(-c4ccccc4)cc3)c3cccc4c3oc3c5ccccc5cc(-c5nc6ccccc6o5)c43)cc2)cc1. The van der Waals surface area contributed by atoms with Crippen LogP contribution in [0.25, 0.3) is 77.5 Å². The zero-order valence-electron chi connectivity index (χ0n) is 27.5. The number of para-hydroxylation sites is 3. The molecule has 0 aliphatic carbocycles. The highest BCUT2D eigenvalue weighted by molar-refractivity contribution is 6.22. The van der Waals surface area contributed by atoms with Crippen molar-refractivity contribution in [2.45, 2.75) is 0 Å². The van der Waals surface area contributed by atoms with Crippen LogP contribution in [-0.4, -0.2) is 4.98 Å². The second kappa shape index (κ2) is 11.9. The average Bonchev–Trinajstić information content (AvgIpc) is 3.82. The van der Waals surface area contributed by atoms with Crippen LogP contribution in [0.2, 0.25) is 0 Å². The first-order valence-electron chi connectivity index (χ1n) is 17.1. The third-order valence-electron chi connectivity index (χ3n) is 9.70. The number of furan rings is 1. The molecule has 4 heteroatoms. The fourth-order valence-corrected chi connectivity index (χ4v) is 7.25. The predicted octanol–water partition coefficient (Wildman–Crippen LogP) is 13.4. The predicted molar refractivity (Wildman–Crippen MR) is 210 cm³/mol. The van der Waals surface area contributed by atoms with Crippen molar-refractivity contribution >= 4 is 60.9 Å². The van der Waals surface area contributed by atoms with Crippen molar-refractivity contribution in [2.24, 2.45) is 0 Å². The minimum atomic E-state index is 0.574. The van der Waals surface area contributed by atoms with E-state index in [2.05, 4.69) is 150 Å². The summed E-state index contributed by atoms with van der Waals surface area (Å²) in [7, 11) is 0. The number of hydrogen-bond acceptors (Lipinski definition) is 4. The number of anilines is 3.